The number of rotatable bonds is 3. The van der Waals surface area contributed by atoms with E-state index in [4.69, 9.17) is 10.00 Å². The van der Waals surface area contributed by atoms with Crippen LogP contribution in [0.3, 0.4) is 0 Å². The molecule has 0 bridgehead atoms. The first kappa shape index (κ1) is 16.8. The van der Waals surface area contributed by atoms with E-state index in [9.17, 15) is 10.1 Å². The van der Waals surface area contributed by atoms with Gasteiger partial charge in [0, 0.05) is 18.5 Å². The number of ether oxygens (including phenoxy) is 1. The van der Waals surface area contributed by atoms with Gasteiger partial charge in [-0.3, -0.25) is 9.48 Å². The second kappa shape index (κ2) is 6.94. The fourth-order valence-electron chi connectivity index (χ4n) is 3.32. The number of nitrogens with zero attached hydrogens (tertiary/aromatic N) is 4. The molecule has 0 unspecified atom stereocenters. The summed E-state index contributed by atoms with van der Waals surface area (Å²) in [6, 6.07) is 12.8. The Balaban J connectivity index is 1.80. The van der Waals surface area contributed by atoms with Crippen molar-refractivity contribution >= 4 is 22.4 Å². The van der Waals surface area contributed by atoms with Crippen LogP contribution in [0, 0.1) is 28.6 Å². The van der Waals surface area contributed by atoms with Gasteiger partial charge in [0.05, 0.1) is 41.8 Å². The summed E-state index contributed by atoms with van der Waals surface area (Å²) in [5, 5.41) is 26.6. The molecule has 2 aromatic heterocycles. The SMILES string of the molecule is N#Cc1ccc(Nc2nn([C@H]3COCC[C@@H]3C#N)c3cc[nH]c(=O)c23)cc1. The zero-order valence-corrected chi connectivity index (χ0v) is 14.3. The molecule has 0 amide bonds. The third-order valence-electron chi connectivity index (χ3n) is 4.71. The molecule has 4 rings (SSSR count). The number of pyridine rings is 1. The van der Waals surface area contributed by atoms with Crippen LogP contribution in [0.15, 0.2) is 41.3 Å². The lowest BCUT2D eigenvalue weighted by Gasteiger charge is -2.27. The highest BCUT2D eigenvalue weighted by molar-refractivity contribution is 5.91. The molecule has 8 heteroatoms. The summed E-state index contributed by atoms with van der Waals surface area (Å²) in [6.07, 6.45) is 2.20. The van der Waals surface area contributed by atoms with E-state index in [0.717, 1.165) is 0 Å². The number of benzene rings is 1. The fraction of sp³-hybridized carbons (Fsp3) is 0.263. The van der Waals surface area contributed by atoms with Crippen molar-refractivity contribution in [3.8, 4) is 12.1 Å². The third-order valence-corrected chi connectivity index (χ3v) is 4.71. The highest BCUT2D eigenvalue weighted by Crippen LogP contribution is 2.31. The van der Waals surface area contributed by atoms with Crippen molar-refractivity contribution in [3.05, 3.63) is 52.4 Å². The number of fused-ring (bicyclic) bond motifs is 1. The Morgan fingerprint density at radius 3 is 2.81 bits per heavy atom. The predicted molar refractivity (Wildman–Crippen MR) is 98.4 cm³/mol. The van der Waals surface area contributed by atoms with E-state index >= 15 is 0 Å². The lowest BCUT2D eigenvalue weighted by Crippen LogP contribution is -2.30. The summed E-state index contributed by atoms with van der Waals surface area (Å²) in [4.78, 5) is 15.1. The van der Waals surface area contributed by atoms with E-state index in [1.54, 1.807) is 41.2 Å². The van der Waals surface area contributed by atoms with Gasteiger partial charge < -0.3 is 15.0 Å². The number of nitrogens with one attached hydrogen (secondary N) is 2. The van der Waals surface area contributed by atoms with Gasteiger partial charge in [-0.25, -0.2) is 0 Å². The molecule has 0 spiro atoms. The van der Waals surface area contributed by atoms with Gasteiger partial charge in [0.1, 0.15) is 5.39 Å². The lowest BCUT2D eigenvalue weighted by atomic mass is 9.96. The zero-order valence-electron chi connectivity index (χ0n) is 14.3. The van der Waals surface area contributed by atoms with E-state index < -0.39 is 0 Å². The second-order valence-electron chi connectivity index (χ2n) is 6.34. The standard InChI is InChI=1S/C19H16N6O2/c20-9-12-1-3-14(4-2-12)23-18-17-15(5-7-22-19(17)26)25(24-18)16-11-27-8-6-13(16)10-21/h1-5,7,13,16H,6,8,11H2,(H,22,26)(H,23,24)/t13-,16+/m1/s1. The van der Waals surface area contributed by atoms with Gasteiger partial charge in [0.25, 0.3) is 5.56 Å². The molecule has 8 nitrogen and oxygen atoms in total. The van der Waals surface area contributed by atoms with Crippen molar-refractivity contribution in [2.75, 3.05) is 18.5 Å². The minimum Gasteiger partial charge on any atom is -0.379 e. The number of aromatic nitrogens is 3. The van der Waals surface area contributed by atoms with Crippen LogP contribution in [-0.2, 0) is 4.74 Å². The number of aromatic amines is 1. The molecule has 134 valence electrons. The first-order valence-corrected chi connectivity index (χ1v) is 8.55. The number of H-pyrrole nitrogens is 1. The average molecular weight is 360 g/mol. The fourth-order valence-corrected chi connectivity index (χ4v) is 3.32. The molecular formula is C19H16N6O2. The summed E-state index contributed by atoms with van der Waals surface area (Å²) in [7, 11) is 0. The molecule has 1 aliphatic heterocycles. The molecule has 1 aromatic carbocycles. The Bertz CT molecular complexity index is 1120. The van der Waals surface area contributed by atoms with Crippen LogP contribution in [-0.4, -0.2) is 28.0 Å². The van der Waals surface area contributed by atoms with Crippen molar-refractivity contribution in [3.63, 3.8) is 0 Å². The van der Waals surface area contributed by atoms with E-state index in [1.807, 2.05) is 0 Å². The van der Waals surface area contributed by atoms with E-state index in [2.05, 4.69) is 27.5 Å². The van der Waals surface area contributed by atoms with Gasteiger partial charge >= 0.3 is 0 Å². The normalized spacial score (nSPS) is 19.3. The Labute approximate surface area is 154 Å². The van der Waals surface area contributed by atoms with Crippen molar-refractivity contribution in [1.29, 1.82) is 10.5 Å². The zero-order chi connectivity index (χ0) is 18.8. The number of hydrogen-bond acceptors (Lipinski definition) is 6. The monoisotopic (exact) mass is 360 g/mol. The van der Waals surface area contributed by atoms with Crippen molar-refractivity contribution < 1.29 is 4.74 Å². The van der Waals surface area contributed by atoms with Gasteiger partial charge in [-0.15, -0.1) is 0 Å². The molecule has 1 saturated heterocycles. The van der Waals surface area contributed by atoms with Crippen LogP contribution in [0.1, 0.15) is 18.0 Å². The van der Waals surface area contributed by atoms with Gasteiger partial charge in [-0.05, 0) is 36.8 Å². The molecule has 27 heavy (non-hydrogen) atoms. The lowest BCUT2D eigenvalue weighted by molar-refractivity contribution is 0.0359. The van der Waals surface area contributed by atoms with Crippen molar-refractivity contribution in [1.82, 2.24) is 14.8 Å². The summed E-state index contributed by atoms with van der Waals surface area (Å²) in [5.74, 6) is 0.169. The molecule has 0 saturated carbocycles. The molecule has 0 aliphatic carbocycles. The maximum atomic E-state index is 12.4. The average Bonchev–Trinajstić information content (AvgIpc) is 3.08. The molecule has 2 atom stereocenters. The smallest absolute Gasteiger partial charge is 0.261 e. The molecule has 3 heterocycles. The summed E-state index contributed by atoms with van der Waals surface area (Å²) in [6.45, 7) is 0.920. The van der Waals surface area contributed by atoms with Gasteiger partial charge in [-0.2, -0.15) is 15.6 Å². The minimum absolute atomic E-state index is 0.233. The molecular weight excluding hydrogens is 344 g/mol. The molecule has 1 fully saturated rings. The molecule has 2 N–H and O–H groups in total. The topological polar surface area (TPSA) is 120 Å². The van der Waals surface area contributed by atoms with Crippen LogP contribution in [0.2, 0.25) is 0 Å². The first-order valence-electron chi connectivity index (χ1n) is 8.55. The van der Waals surface area contributed by atoms with Gasteiger partial charge in [0.15, 0.2) is 5.82 Å². The highest BCUT2D eigenvalue weighted by atomic mass is 16.5. The van der Waals surface area contributed by atoms with Crippen molar-refractivity contribution in [2.24, 2.45) is 5.92 Å². The van der Waals surface area contributed by atoms with E-state index in [1.165, 1.54) is 0 Å². The Morgan fingerprint density at radius 2 is 2.07 bits per heavy atom. The first-order chi connectivity index (χ1) is 13.2. The molecule has 3 aromatic rings. The Morgan fingerprint density at radius 1 is 1.26 bits per heavy atom. The Hall–Kier alpha value is -3.62. The summed E-state index contributed by atoms with van der Waals surface area (Å²) < 4.78 is 7.26. The predicted octanol–water partition coefficient (Wildman–Crippen LogP) is 2.44. The summed E-state index contributed by atoms with van der Waals surface area (Å²) in [5.41, 5.74) is 1.64. The van der Waals surface area contributed by atoms with Crippen LogP contribution in [0.5, 0.6) is 0 Å². The third kappa shape index (κ3) is 3.03. The van der Waals surface area contributed by atoms with Gasteiger partial charge in [-0.1, -0.05) is 0 Å². The highest BCUT2D eigenvalue weighted by Gasteiger charge is 2.30. The number of anilines is 2. The molecule has 1 aliphatic rings. The van der Waals surface area contributed by atoms with E-state index in [-0.39, 0.29) is 17.5 Å². The molecule has 0 radical (unpaired) electrons. The van der Waals surface area contributed by atoms with Crippen LogP contribution < -0.4 is 10.9 Å². The largest absolute Gasteiger partial charge is 0.379 e. The maximum Gasteiger partial charge on any atom is 0.261 e. The van der Waals surface area contributed by atoms with Crippen molar-refractivity contribution in [2.45, 2.75) is 12.5 Å². The van der Waals surface area contributed by atoms with Gasteiger partial charge in [0.2, 0.25) is 0 Å². The second-order valence-corrected chi connectivity index (χ2v) is 6.34. The quantitative estimate of drug-likeness (QED) is 0.740. The summed E-state index contributed by atoms with van der Waals surface area (Å²) >= 11 is 0. The number of hydrogen-bond donors (Lipinski definition) is 2. The van der Waals surface area contributed by atoms with Crippen LogP contribution in [0.25, 0.3) is 10.9 Å². The van der Waals surface area contributed by atoms with Crippen LogP contribution in [0.4, 0.5) is 11.5 Å². The maximum absolute atomic E-state index is 12.4. The minimum atomic E-state index is -0.264. The van der Waals surface area contributed by atoms with Crippen LogP contribution >= 0.6 is 0 Å². The van der Waals surface area contributed by atoms with E-state index in [0.29, 0.717) is 47.6 Å². The number of nitriles is 2. The Kier molecular flexibility index (Phi) is 4.33.